The number of benzene rings is 5. The maximum absolute atomic E-state index is 9.77. The van der Waals surface area contributed by atoms with E-state index in [1.165, 1.54) is 0 Å². The van der Waals surface area contributed by atoms with Crippen molar-refractivity contribution in [2.24, 2.45) is 0 Å². The van der Waals surface area contributed by atoms with Gasteiger partial charge in [0.2, 0.25) is 0 Å². The summed E-state index contributed by atoms with van der Waals surface area (Å²) in [6.07, 6.45) is 3.82. The molecule has 0 spiro atoms. The van der Waals surface area contributed by atoms with Crippen molar-refractivity contribution < 1.29 is 33.5 Å². The lowest BCUT2D eigenvalue weighted by Crippen LogP contribution is -2.34. The highest BCUT2D eigenvalue weighted by atomic mass is 16.5. The highest BCUT2D eigenvalue weighted by Crippen LogP contribution is 2.57. The van der Waals surface area contributed by atoms with Crippen molar-refractivity contribution in [1.29, 1.82) is 0 Å². The molecule has 1 aliphatic heterocycles. The third-order valence-corrected chi connectivity index (χ3v) is 8.78. The van der Waals surface area contributed by atoms with Gasteiger partial charge in [-0.1, -0.05) is 36.4 Å². The number of aliphatic hydroxyl groups is 1. The zero-order valence-corrected chi connectivity index (χ0v) is 25.6. The van der Waals surface area contributed by atoms with Crippen molar-refractivity contribution in [3.05, 3.63) is 119 Å². The average Bonchev–Trinajstić information content (AvgIpc) is 3.43. The van der Waals surface area contributed by atoms with E-state index in [0.717, 1.165) is 72.7 Å². The molecule has 0 saturated carbocycles. The minimum atomic E-state index is -0.966. The summed E-state index contributed by atoms with van der Waals surface area (Å²) in [5.74, 6) is 3.70. The maximum atomic E-state index is 9.77. The Morgan fingerprint density at radius 1 is 0.689 bits per heavy atom. The molecule has 1 atom stereocenters. The molecule has 7 heteroatoms. The minimum Gasteiger partial charge on any atom is -0.497 e. The molecule has 0 bridgehead atoms. The molecular formula is C38H34O7. The first-order chi connectivity index (χ1) is 22.0. The monoisotopic (exact) mass is 602 g/mol. The first kappa shape index (κ1) is 28.8. The van der Waals surface area contributed by atoms with Gasteiger partial charge < -0.3 is 33.5 Å². The van der Waals surface area contributed by atoms with Crippen molar-refractivity contribution in [3.8, 4) is 39.9 Å². The smallest absolute Gasteiger partial charge is 0.178 e. The lowest BCUT2D eigenvalue weighted by molar-refractivity contribution is 0.0519. The molecule has 45 heavy (non-hydrogen) atoms. The largest absolute Gasteiger partial charge is 0.497 e. The van der Waals surface area contributed by atoms with Gasteiger partial charge in [0, 0.05) is 27.6 Å². The molecule has 7 nitrogen and oxygen atoms in total. The Bertz CT molecular complexity index is 1860. The summed E-state index contributed by atoms with van der Waals surface area (Å²) in [7, 11) is 6.64. The number of methoxy groups -OCH3 is 4. The van der Waals surface area contributed by atoms with Crippen LogP contribution in [0.4, 0.5) is 0 Å². The molecule has 0 fully saturated rings. The summed E-state index contributed by atoms with van der Waals surface area (Å²) in [5, 5.41) is 11.7. The van der Waals surface area contributed by atoms with Gasteiger partial charge >= 0.3 is 0 Å². The second-order valence-electron chi connectivity index (χ2n) is 11.0. The van der Waals surface area contributed by atoms with Crippen LogP contribution in [0, 0.1) is 0 Å². The average molecular weight is 603 g/mol. The van der Waals surface area contributed by atoms with Gasteiger partial charge in [0.05, 0.1) is 41.7 Å². The summed E-state index contributed by atoms with van der Waals surface area (Å²) in [6, 6.07) is 28.1. The normalized spacial score (nSPS) is 15.5. The molecular weight excluding hydrogens is 568 g/mol. The van der Waals surface area contributed by atoms with E-state index >= 15 is 0 Å². The summed E-state index contributed by atoms with van der Waals surface area (Å²) < 4.78 is 36.0. The van der Waals surface area contributed by atoms with Crippen molar-refractivity contribution >= 4 is 16.8 Å². The van der Waals surface area contributed by atoms with Crippen molar-refractivity contribution in [2.75, 3.05) is 41.7 Å². The Labute approximate surface area is 262 Å². The van der Waals surface area contributed by atoms with Gasteiger partial charge in [-0.15, -0.1) is 0 Å². The number of hydrogen-bond donors (Lipinski definition) is 1. The SMILES string of the molecule is COc1ccc(C2(c3ccc(OC)cc3)C=Cc3c4c(c5ccc(OC)cc5c3O2)-c2ccc(OC)cc2C4OCCO)cc1. The highest BCUT2D eigenvalue weighted by Gasteiger charge is 2.42. The van der Waals surface area contributed by atoms with Gasteiger partial charge in [-0.2, -0.15) is 0 Å². The molecule has 0 amide bonds. The van der Waals surface area contributed by atoms with Gasteiger partial charge in [0.15, 0.2) is 5.60 Å². The number of rotatable bonds is 9. The topological polar surface area (TPSA) is 75.6 Å². The van der Waals surface area contributed by atoms with E-state index in [1.807, 2.05) is 72.8 Å². The number of hydrogen-bond acceptors (Lipinski definition) is 7. The van der Waals surface area contributed by atoms with Gasteiger partial charge in [-0.05, 0) is 82.7 Å². The fourth-order valence-corrected chi connectivity index (χ4v) is 6.60. The van der Waals surface area contributed by atoms with Crippen LogP contribution in [0.25, 0.3) is 28.0 Å². The van der Waals surface area contributed by atoms with Gasteiger partial charge in [-0.3, -0.25) is 0 Å². The number of aliphatic hydroxyl groups excluding tert-OH is 1. The summed E-state index contributed by atoms with van der Waals surface area (Å²) >= 11 is 0. The van der Waals surface area contributed by atoms with Crippen LogP contribution in [-0.2, 0) is 10.3 Å². The molecule has 0 radical (unpaired) electrons. The van der Waals surface area contributed by atoms with E-state index in [2.05, 4.69) is 24.3 Å². The third-order valence-electron chi connectivity index (χ3n) is 8.78. The molecule has 2 aliphatic rings. The first-order valence-electron chi connectivity index (χ1n) is 14.8. The van der Waals surface area contributed by atoms with Gasteiger partial charge in [0.25, 0.3) is 0 Å². The van der Waals surface area contributed by atoms with Crippen LogP contribution in [0.15, 0.2) is 91.0 Å². The predicted molar refractivity (Wildman–Crippen MR) is 174 cm³/mol. The molecule has 0 saturated heterocycles. The minimum absolute atomic E-state index is 0.0947. The maximum Gasteiger partial charge on any atom is 0.178 e. The lowest BCUT2D eigenvalue weighted by atomic mass is 9.81. The standard InChI is InChI=1S/C38H34O7/c1-40-25-9-5-23(6-10-25)38(24-7-11-26(41-2)12-8-24)18-17-31-35-34(29-15-13-27(42-3)21-32(29)36(31)45-38)30-16-14-28(43-4)22-33(30)37(35)44-20-19-39/h5-18,21-22,37,39H,19-20H2,1-4H3. The molecule has 1 heterocycles. The zero-order valence-electron chi connectivity index (χ0n) is 25.6. The Morgan fingerprint density at radius 2 is 1.27 bits per heavy atom. The molecule has 1 unspecified atom stereocenters. The van der Waals surface area contributed by atoms with E-state index < -0.39 is 11.7 Å². The molecule has 228 valence electrons. The fourth-order valence-electron chi connectivity index (χ4n) is 6.60. The second-order valence-corrected chi connectivity index (χ2v) is 11.0. The Kier molecular flexibility index (Phi) is 7.36. The summed E-state index contributed by atoms with van der Waals surface area (Å²) in [5.41, 5.74) is 5.94. The Hall–Kier alpha value is -4.98. The number of fused-ring (bicyclic) bond motifs is 8. The van der Waals surface area contributed by atoms with E-state index in [4.69, 9.17) is 28.4 Å². The molecule has 7 rings (SSSR count). The van der Waals surface area contributed by atoms with Crippen molar-refractivity contribution in [2.45, 2.75) is 11.7 Å². The van der Waals surface area contributed by atoms with Crippen LogP contribution >= 0.6 is 0 Å². The second kappa shape index (κ2) is 11.5. The van der Waals surface area contributed by atoms with E-state index in [-0.39, 0.29) is 13.2 Å². The van der Waals surface area contributed by atoms with Gasteiger partial charge in [-0.25, -0.2) is 0 Å². The molecule has 5 aromatic rings. The quantitative estimate of drug-likeness (QED) is 0.190. The van der Waals surface area contributed by atoms with Crippen LogP contribution in [0.2, 0.25) is 0 Å². The molecule has 1 N–H and O–H groups in total. The predicted octanol–water partition coefficient (Wildman–Crippen LogP) is 7.30. The van der Waals surface area contributed by atoms with Crippen molar-refractivity contribution in [1.82, 2.24) is 0 Å². The molecule has 0 aromatic heterocycles. The van der Waals surface area contributed by atoms with Crippen LogP contribution in [-0.4, -0.2) is 46.8 Å². The highest BCUT2D eigenvalue weighted by molar-refractivity contribution is 6.08. The van der Waals surface area contributed by atoms with Crippen LogP contribution < -0.4 is 23.7 Å². The van der Waals surface area contributed by atoms with Crippen LogP contribution in [0.1, 0.15) is 33.9 Å². The van der Waals surface area contributed by atoms with E-state index in [0.29, 0.717) is 5.75 Å². The summed E-state index contributed by atoms with van der Waals surface area (Å²) in [6.45, 7) is 0.0882. The summed E-state index contributed by atoms with van der Waals surface area (Å²) in [4.78, 5) is 0. The molecule has 5 aromatic carbocycles. The van der Waals surface area contributed by atoms with Crippen molar-refractivity contribution in [3.63, 3.8) is 0 Å². The zero-order chi connectivity index (χ0) is 31.1. The first-order valence-corrected chi connectivity index (χ1v) is 14.8. The lowest BCUT2D eigenvalue weighted by Gasteiger charge is -2.38. The van der Waals surface area contributed by atoms with E-state index in [9.17, 15) is 5.11 Å². The number of ether oxygens (including phenoxy) is 6. The fraction of sp³-hybridized carbons (Fsp3) is 0.211. The Morgan fingerprint density at radius 3 is 1.87 bits per heavy atom. The Balaban J connectivity index is 1.52. The van der Waals surface area contributed by atoms with Crippen LogP contribution in [0.3, 0.4) is 0 Å². The van der Waals surface area contributed by atoms with Gasteiger partial charge in [0.1, 0.15) is 34.9 Å². The third kappa shape index (κ3) is 4.58. The molecule has 1 aliphatic carbocycles. The van der Waals surface area contributed by atoms with Crippen LogP contribution in [0.5, 0.6) is 28.7 Å². The van der Waals surface area contributed by atoms with E-state index in [1.54, 1.807) is 28.4 Å².